The van der Waals surface area contributed by atoms with Crippen molar-refractivity contribution in [3.8, 4) is 5.75 Å². The number of ether oxygens (including phenoxy) is 1. The Morgan fingerprint density at radius 3 is 2.90 bits per heavy atom. The summed E-state index contributed by atoms with van der Waals surface area (Å²) >= 11 is 0. The first kappa shape index (κ1) is 14.5. The highest BCUT2D eigenvalue weighted by molar-refractivity contribution is 5.29. The Labute approximate surface area is 119 Å². The molecule has 0 radical (unpaired) electrons. The maximum atomic E-state index is 5.96. The third-order valence-electron chi connectivity index (χ3n) is 3.11. The lowest BCUT2D eigenvalue weighted by Gasteiger charge is -2.10. The summed E-state index contributed by atoms with van der Waals surface area (Å²) in [5.41, 5.74) is 7.14. The molecule has 108 valence electrons. The molecule has 1 heterocycles. The Morgan fingerprint density at radius 2 is 2.20 bits per heavy atom. The van der Waals surface area contributed by atoms with Gasteiger partial charge < -0.3 is 15.0 Å². The van der Waals surface area contributed by atoms with Gasteiger partial charge in [-0.15, -0.1) is 0 Å². The lowest BCUT2D eigenvalue weighted by molar-refractivity contribution is 0.242. The summed E-state index contributed by atoms with van der Waals surface area (Å²) < 4.78 is 10.8. The molecule has 0 saturated carbocycles. The first-order chi connectivity index (χ1) is 9.71. The van der Waals surface area contributed by atoms with Crippen molar-refractivity contribution in [3.63, 3.8) is 0 Å². The molecule has 0 aliphatic carbocycles. The predicted octanol–water partition coefficient (Wildman–Crippen LogP) is 2.49. The van der Waals surface area contributed by atoms with Gasteiger partial charge in [-0.2, -0.15) is 4.98 Å². The molecular formula is C15H21N3O2. The third kappa shape index (κ3) is 4.06. The van der Waals surface area contributed by atoms with Crippen LogP contribution in [0.4, 0.5) is 0 Å². The van der Waals surface area contributed by atoms with Crippen LogP contribution in [0.1, 0.15) is 37.5 Å². The van der Waals surface area contributed by atoms with E-state index in [0.717, 1.165) is 25.0 Å². The van der Waals surface area contributed by atoms with Crippen molar-refractivity contribution in [1.82, 2.24) is 10.1 Å². The second-order valence-electron chi connectivity index (χ2n) is 4.77. The molecule has 1 aromatic carbocycles. The standard InChI is InChI=1S/C15H21N3O2/c1-3-12(16)8-11-6-5-7-13(9-11)19-10-15-17-14(4-2)18-20-15/h5-7,9,12H,3-4,8,10,16H2,1-2H3. The minimum absolute atomic E-state index is 0.188. The van der Waals surface area contributed by atoms with E-state index < -0.39 is 0 Å². The van der Waals surface area contributed by atoms with E-state index in [1.165, 1.54) is 5.56 Å². The lowest BCUT2D eigenvalue weighted by atomic mass is 10.0. The van der Waals surface area contributed by atoms with E-state index in [0.29, 0.717) is 11.7 Å². The Hall–Kier alpha value is -1.88. The van der Waals surface area contributed by atoms with Crippen molar-refractivity contribution in [3.05, 3.63) is 41.5 Å². The highest BCUT2D eigenvalue weighted by Crippen LogP contribution is 2.16. The molecule has 1 aromatic heterocycles. The van der Waals surface area contributed by atoms with Crippen LogP contribution in [0.15, 0.2) is 28.8 Å². The monoisotopic (exact) mass is 275 g/mol. The van der Waals surface area contributed by atoms with Gasteiger partial charge in [-0.3, -0.25) is 0 Å². The fraction of sp³-hybridized carbons (Fsp3) is 0.467. The van der Waals surface area contributed by atoms with E-state index in [2.05, 4.69) is 23.1 Å². The average Bonchev–Trinajstić information content (AvgIpc) is 2.93. The molecule has 0 saturated heterocycles. The van der Waals surface area contributed by atoms with Gasteiger partial charge in [0, 0.05) is 12.5 Å². The minimum atomic E-state index is 0.188. The SMILES string of the molecule is CCc1noc(COc2cccc(CC(N)CC)c2)n1. The van der Waals surface area contributed by atoms with Gasteiger partial charge in [0.05, 0.1) is 0 Å². The quantitative estimate of drug-likeness (QED) is 0.840. The van der Waals surface area contributed by atoms with Gasteiger partial charge in [0.25, 0.3) is 5.89 Å². The van der Waals surface area contributed by atoms with Crippen LogP contribution in [0.3, 0.4) is 0 Å². The molecule has 1 atom stereocenters. The van der Waals surface area contributed by atoms with Gasteiger partial charge >= 0.3 is 0 Å². The predicted molar refractivity (Wildman–Crippen MR) is 76.4 cm³/mol. The van der Waals surface area contributed by atoms with E-state index in [1.807, 2.05) is 25.1 Å². The van der Waals surface area contributed by atoms with Crippen LogP contribution in [0.5, 0.6) is 5.75 Å². The maximum Gasteiger partial charge on any atom is 0.264 e. The maximum absolute atomic E-state index is 5.96. The van der Waals surface area contributed by atoms with Gasteiger partial charge in [0.1, 0.15) is 5.75 Å². The smallest absolute Gasteiger partial charge is 0.264 e. The highest BCUT2D eigenvalue weighted by Gasteiger charge is 2.06. The van der Waals surface area contributed by atoms with Crippen molar-refractivity contribution < 1.29 is 9.26 Å². The van der Waals surface area contributed by atoms with Crippen molar-refractivity contribution in [2.24, 2.45) is 5.73 Å². The number of hydrogen-bond acceptors (Lipinski definition) is 5. The molecule has 1 unspecified atom stereocenters. The van der Waals surface area contributed by atoms with E-state index in [-0.39, 0.29) is 12.6 Å². The Bertz CT molecular complexity index is 539. The normalized spacial score (nSPS) is 12.3. The molecule has 0 aliphatic rings. The van der Waals surface area contributed by atoms with Gasteiger partial charge in [-0.1, -0.05) is 31.1 Å². The molecule has 0 fully saturated rings. The average molecular weight is 275 g/mol. The van der Waals surface area contributed by atoms with Crippen molar-refractivity contribution in [1.29, 1.82) is 0 Å². The molecule has 0 spiro atoms. The van der Waals surface area contributed by atoms with Gasteiger partial charge in [0.15, 0.2) is 12.4 Å². The Morgan fingerprint density at radius 1 is 1.35 bits per heavy atom. The fourth-order valence-corrected chi connectivity index (χ4v) is 1.85. The number of aryl methyl sites for hydroxylation is 1. The molecule has 2 rings (SSSR count). The molecule has 2 N–H and O–H groups in total. The van der Waals surface area contributed by atoms with E-state index in [4.69, 9.17) is 15.0 Å². The Kier molecular flexibility index (Phi) is 5.12. The van der Waals surface area contributed by atoms with E-state index in [9.17, 15) is 0 Å². The number of benzene rings is 1. The summed E-state index contributed by atoms with van der Waals surface area (Å²) in [7, 11) is 0. The minimum Gasteiger partial charge on any atom is -0.484 e. The number of aromatic nitrogens is 2. The number of rotatable bonds is 7. The zero-order chi connectivity index (χ0) is 14.4. The zero-order valence-electron chi connectivity index (χ0n) is 12.0. The number of hydrogen-bond donors (Lipinski definition) is 1. The largest absolute Gasteiger partial charge is 0.484 e. The van der Waals surface area contributed by atoms with Crippen molar-refractivity contribution in [2.45, 2.75) is 45.8 Å². The van der Waals surface area contributed by atoms with Crippen LogP contribution in [-0.2, 0) is 19.4 Å². The first-order valence-corrected chi connectivity index (χ1v) is 7.00. The van der Waals surface area contributed by atoms with Gasteiger partial charge in [-0.05, 0) is 30.5 Å². The number of nitrogens with zero attached hydrogens (tertiary/aromatic N) is 2. The van der Waals surface area contributed by atoms with E-state index in [1.54, 1.807) is 0 Å². The highest BCUT2D eigenvalue weighted by atomic mass is 16.5. The summed E-state index contributed by atoms with van der Waals surface area (Å²) in [5.74, 6) is 1.99. The summed E-state index contributed by atoms with van der Waals surface area (Å²) in [6.07, 6.45) is 2.58. The van der Waals surface area contributed by atoms with Crippen LogP contribution in [-0.4, -0.2) is 16.2 Å². The molecule has 0 amide bonds. The fourth-order valence-electron chi connectivity index (χ4n) is 1.85. The molecule has 20 heavy (non-hydrogen) atoms. The summed E-state index contributed by atoms with van der Waals surface area (Å²) in [6, 6.07) is 8.14. The molecule has 5 nitrogen and oxygen atoms in total. The molecule has 0 bridgehead atoms. The summed E-state index contributed by atoms with van der Waals surface area (Å²) in [6.45, 7) is 4.36. The molecular weight excluding hydrogens is 254 g/mol. The van der Waals surface area contributed by atoms with Crippen LogP contribution < -0.4 is 10.5 Å². The van der Waals surface area contributed by atoms with Crippen LogP contribution in [0, 0.1) is 0 Å². The van der Waals surface area contributed by atoms with Gasteiger partial charge in [-0.25, -0.2) is 0 Å². The van der Waals surface area contributed by atoms with Crippen LogP contribution in [0.2, 0.25) is 0 Å². The van der Waals surface area contributed by atoms with Crippen molar-refractivity contribution in [2.75, 3.05) is 0 Å². The summed E-state index contributed by atoms with van der Waals surface area (Å²) in [5, 5.41) is 3.83. The molecule has 2 aromatic rings. The van der Waals surface area contributed by atoms with Gasteiger partial charge in [0.2, 0.25) is 0 Å². The van der Waals surface area contributed by atoms with E-state index >= 15 is 0 Å². The Balaban J connectivity index is 1.93. The topological polar surface area (TPSA) is 74.2 Å². The molecule has 0 aliphatic heterocycles. The third-order valence-corrected chi connectivity index (χ3v) is 3.11. The lowest BCUT2D eigenvalue weighted by Crippen LogP contribution is -2.21. The molecule has 5 heteroatoms. The first-order valence-electron chi connectivity index (χ1n) is 7.00. The second kappa shape index (κ2) is 7.05. The second-order valence-corrected chi connectivity index (χ2v) is 4.77. The van der Waals surface area contributed by atoms with Crippen LogP contribution in [0.25, 0.3) is 0 Å². The van der Waals surface area contributed by atoms with Crippen molar-refractivity contribution >= 4 is 0 Å². The zero-order valence-corrected chi connectivity index (χ0v) is 12.0. The number of nitrogens with two attached hydrogens (primary N) is 1. The van der Waals surface area contributed by atoms with Crippen LogP contribution >= 0.6 is 0 Å². The summed E-state index contributed by atoms with van der Waals surface area (Å²) in [4.78, 5) is 4.21.